The minimum atomic E-state index is -0.178. The molecule has 0 spiro atoms. The molecule has 2 heterocycles. The first kappa shape index (κ1) is 20.0. The molecule has 0 aliphatic carbocycles. The summed E-state index contributed by atoms with van der Waals surface area (Å²) < 4.78 is 0. The van der Waals surface area contributed by atoms with Gasteiger partial charge in [0, 0.05) is 11.4 Å². The first-order valence-electron chi connectivity index (χ1n) is 7.97. The monoisotopic (exact) mass is 398 g/mol. The number of nitrogens with one attached hydrogen (secondary N) is 2. The first-order chi connectivity index (χ1) is 11.7. The standard InChI is InChI=1S/C17H19ClN4OS.ClH/c18-13-3-1-2-4-15(13)24-16-6-5-14(21-22-16)17(23)20-10-8-12-7-9-19-11-12;/h1-6,12,19H,7-11H2,(H,20,23);1H. The summed E-state index contributed by atoms with van der Waals surface area (Å²) in [6.07, 6.45) is 2.18. The zero-order valence-corrected chi connectivity index (χ0v) is 16.0. The molecule has 5 nitrogen and oxygen atoms in total. The number of halogens is 2. The lowest BCUT2D eigenvalue weighted by Crippen LogP contribution is -2.27. The molecule has 0 radical (unpaired) electrons. The van der Waals surface area contributed by atoms with Crippen LogP contribution in [0.15, 0.2) is 46.3 Å². The Labute approximate surface area is 162 Å². The molecule has 134 valence electrons. The number of nitrogens with zero attached hydrogens (tertiary/aromatic N) is 2. The Kier molecular flexibility index (Phi) is 7.96. The predicted octanol–water partition coefficient (Wildman–Crippen LogP) is 3.43. The third-order valence-corrected chi connectivity index (χ3v) is 5.37. The fourth-order valence-electron chi connectivity index (χ4n) is 2.58. The van der Waals surface area contributed by atoms with Gasteiger partial charge in [-0.2, -0.15) is 0 Å². The molecule has 1 unspecified atom stereocenters. The molecular weight excluding hydrogens is 379 g/mol. The van der Waals surface area contributed by atoms with Crippen molar-refractivity contribution in [1.29, 1.82) is 0 Å². The summed E-state index contributed by atoms with van der Waals surface area (Å²) in [4.78, 5) is 13.0. The van der Waals surface area contributed by atoms with E-state index in [0.717, 1.165) is 24.4 Å². The number of aromatic nitrogens is 2. The molecule has 2 aromatic rings. The summed E-state index contributed by atoms with van der Waals surface area (Å²) >= 11 is 7.55. The number of hydrogen-bond donors (Lipinski definition) is 2. The van der Waals surface area contributed by atoms with Crippen LogP contribution in [-0.4, -0.2) is 35.7 Å². The lowest BCUT2D eigenvalue weighted by atomic mass is 10.1. The molecular formula is C17H20Cl2N4OS. The normalized spacial score (nSPS) is 16.3. The van der Waals surface area contributed by atoms with Crippen LogP contribution in [-0.2, 0) is 0 Å². The smallest absolute Gasteiger partial charge is 0.271 e. The van der Waals surface area contributed by atoms with Crippen molar-refractivity contribution in [2.75, 3.05) is 19.6 Å². The highest BCUT2D eigenvalue weighted by Gasteiger charge is 2.15. The van der Waals surface area contributed by atoms with E-state index < -0.39 is 0 Å². The second-order valence-electron chi connectivity index (χ2n) is 5.69. The van der Waals surface area contributed by atoms with Gasteiger partial charge >= 0.3 is 0 Å². The van der Waals surface area contributed by atoms with Gasteiger partial charge in [-0.05, 0) is 56.1 Å². The minimum absolute atomic E-state index is 0. The van der Waals surface area contributed by atoms with Gasteiger partial charge in [-0.15, -0.1) is 22.6 Å². The highest BCUT2D eigenvalue weighted by molar-refractivity contribution is 7.99. The Morgan fingerprint density at radius 2 is 2.12 bits per heavy atom. The Morgan fingerprint density at radius 1 is 1.28 bits per heavy atom. The highest BCUT2D eigenvalue weighted by Crippen LogP contribution is 2.31. The second kappa shape index (κ2) is 9.97. The maximum absolute atomic E-state index is 12.1. The second-order valence-corrected chi connectivity index (χ2v) is 7.16. The first-order valence-corrected chi connectivity index (χ1v) is 9.17. The van der Waals surface area contributed by atoms with Gasteiger partial charge in [0.1, 0.15) is 5.03 Å². The lowest BCUT2D eigenvalue weighted by molar-refractivity contribution is 0.0945. The van der Waals surface area contributed by atoms with Gasteiger partial charge in [0.2, 0.25) is 0 Å². The van der Waals surface area contributed by atoms with E-state index in [0.29, 0.717) is 28.2 Å². The van der Waals surface area contributed by atoms with Crippen molar-refractivity contribution in [2.24, 2.45) is 5.92 Å². The predicted molar refractivity (Wildman–Crippen MR) is 103 cm³/mol. The van der Waals surface area contributed by atoms with Gasteiger partial charge in [-0.1, -0.05) is 35.5 Å². The zero-order chi connectivity index (χ0) is 16.8. The summed E-state index contributed by atoms with van der Waals surface area (Å²) in [6.45, 7) is 2.79. The van der Waals surface area contributed by atoms with Crippen LogP contribution in [0.2, 0.25) is 5.02 Å². The van der Waals surface area contributed by atoms with Crippen LogP contribution in [0.3, 0.4) is 0 Å². The van der Waals surface area contributed by atoms with Gasteiger partial charge in [-0.25, -0.2) is 0 Å². The lowest BCUT2D eigenvalue weighted by Gasteiger charge is -2.09. The van der Waals surface area contributed by atoms with E-state index in [2.05, 4.69) is 20.8 Å². The SMILES string of the molecule is Cl.O=C(NCCC1CCNC1)c1ccc(Sc2ccccc2Cl)nn1. The van der Waals surface area contributed by atoms with Crippen molar-refractivity contribution in [3.63, 3.8) is 0 Å². The largest absolute Gasteiger partial charge is 0.351 e. The van der Waals surface area contributed by atoms with Gasteiger partial charge < -0.3 is 10.6 Å². The van der Waals surface area contributed by atoms with Gasteiger partial charge in [-0.3, -0.25) is 4.79 Å². The fourth-order valence-corrected chi connectivity index (χ4v) is 3.58. The van der Waals surface area contributed by atoms with Crippen LogP contribution in [0, 0.1) is 5.92 Å². The summed E-state index contributed by atoms with van der Waals surface area (Å²) in [7, 11) is 0. The molecule has 2 N–H and O–H groups in total. The average Bonchev–Trinajstić information content (AvgIpc) is 3.11. The topological polar surface area (TPSA) is 66.9 Å². The number of hydrogen-bond acceptors (Lipinski definition) is 5. The van der Waals surface area contributed by atoms with Gasteiger partial charge in [0.05, 0.1) is 5.02 Å². The molecule has 1 fully saturated rings. The molecule has 25 heavy (non-hydrogen) atoms. The molecule has 3 rings (SSSR count). The van der Waals surface area contributed by atoms with Gasteiger partial charge in [0.25, 0.3) is 5.91 Å². The van der Waals surface area contributed by atoms with E-state index in [1.54, 1.807) is 12.1 Å². The molecule has 1 atom stereocenters. The number of carbonyl (C=O) groups excluding carboxylic acids is 1. The Hall–Kier alpha value is -1.34. The van der Waals surface area contributed by atoms with E-state index in [1.807, 2.05) is 24.3 Å². The quantitative estimate of drug-likeness (QED) is 0.779. The molecule has 8 heteroatoms. The van der Waals surface area contributed by atoms with Crippen LogP contribution in [0.25, 0.3) is 0 Å². The van der Waals surface area contributed by atoms with Crippen molar-refractivity contribution < 1.29 is 4.79 Å². The van der Waals surface area contributed by atoms with E-state index in [1.165, 1.54) is 18.2 Å². The van der Waals surface area contributed by atoms with E-state index in [4.69, 9.17) is 11.6 Å². The maximum Gasteiger partial charge on any atom is 0.271 e. The van der Waals surface area contributed by atoms with Crippen molar-refractivity contribution >= 4 is 41.7 Å². The average molecular weight is 399 g/mol. The number of amides is 1. The van der Waals surface area contributed by atoms with Crippen LogP contribution < -0.4 is 10.6 Å². The van der Waals surface area contributed by atoms with Crippen LogP contribution in [0.4, 0.5) is 0 Å². The van der Waals surface area contributed by atoms with Crippen LogP contribution in [0.1, 0.15) is 23.3 Å². The fraction of sp³-hybridized carbons (Fsp3) is 0.353. The van der Waals surface area contributed by atoms with E-state index in [9.17, 15) is 4.79 Å². The van der Waals surface area contributed by atoms with Crippen LogP contribution >= 0.6 is 35.8 Å². The van der Waals surface area contributed by atoms with E-state index >= 15 is 0 Å². The maximum atomic E-state index is 12.1. The number of carbonyl (C=O) groups is 1. The molecule has 1 saturated heterocycles. The molecule has 1 amide bonds. The highest BCUT2D eigenvalue weighted by atomic mass is 35.5. The summed E-state index contributed by atoms with van der Waals surface area (Å²) in [5, 5.41) is 15.7. The molecule has 1 aliphatic heterocycles. The number of rotatable bonds is 6. The van der Waals surface area contributed by atoms with Crippen molar-refractivity contribution in [3.8, 4) is 0 Å². The number of benzene rings is 1. The zero-order valence-electron chi connectivity index (χ0n) is 13.6. The third kappa shape index (κ3) is 5.85. The summed E-state index contributed by atoms with van der Waals surface area (Å²) in [6, 6.07) is 11.0. The Balaban J connectivity index is 0.00000225. The summed E-state index contributed by atoms with van der Waals surface area (Å²) in [5.74, 6) is 0.480. The minimum Gasteiger partial charge on any atom is -0.351 e. The molecule has 1 aromatic heterocycles. The summed E-state index contributed by atoms with van der Waals surface area (Å²) in [5.41, 5.74) is 0.336. The molecule has 0 bridgehead atoms. The third-order valence-electron chi connectivity index (χ3n) is 3.92. The van der Waals surface area contributed by atoms with Gasteiger partial charge in [0.15, 0.2) is 5.69 Å². The van der Waals surface area contributed by atoms with Crippen molar-refractivity contribution in [1.82, 2.24) is 20.8 Å². The molecule has 1 aliphatic rings. The Morgan fingerprint density at radius 3 is 2.80 bits per heavy atom. The molecule has 1 aromatic carbocycles. The van der Waals surface area contributed by atoms with E-state index in [-0.39, 0.29) is 18.3 Å². The van der Waals surface area contributed by atoms with Crippen molar-refractivity contribution in [3.05, 3.63) is 47.1 Å². The van der Waals surface area contributed by atoms with Crippen molar-refractivity contribution in [2.45, 2.75) is 22.8 Å². The molecule has 0 saturated carbocycles. The Bertz CT molecular complexity index is 693. The van der Waals surface area contributed by atoms with Crippen LogP contribution in [0.5, 0.6) is 0 Å².